The third kappa shape index (κ3) is 3.45. The molecule has 2 aromatic rings. The van der Waals surface area contributed by atoms with Gasteiger partial charge in [-0.1, -0.05) is 56.3 Å². The molecule has 1 heterocycles. The van der Waals surface area contributed by atoms with E-state index >= 15 is 0 Å². The van der Waals surface area contributed by atoms with Crippen LogP contribution in [-0.4, -0.2) is 5.97 Å². The van der Waals surface area contributed by atoms with Gasteiger partial charge in [-0.3, -0.25) is 4.79 Å². The van der Waals surface area contributed by atoms with Gasteiger partial charge in [-0.2, -0.15) is 0 Å². The summed E-state index contributed by atoms with van der Waals surface area (Å²) in [5.74, 6) is 1.01. The summed E-state index contributed by atoms with van der Waals surface area (Å²) in [5, 5.41) is 0. The lowest BCUT2D eigenvalue weighted by molar-refractivity contribution is -0.147. The molecule has 0 radical (unpaired) electrons. The van der Waals surface area contributed by atoms with E-state index in [4.69, 9.17) is 9.15 Å². The Kier molecular flexibility index (Phi) is 4.61. The first-order valence-corrected chi connectivity index (χ1v) is 8.42. The van der Waals surface area contributed by atoms with Crippen LogP contribution in [0.5, 0.6) is 0 Å². The van der Waals surface area contributed by atoms with Crippen molar-refractivity contribution >= 4 is 5.97 Å². The summed E-state index contributed by atoms with van der Waals surface area (Å²) in [7, 11) is 0. The molecule has 3 heteroatoms. The smallest absolute Gasteiger partial charge is 0.310 e. The molecule has 3 rings (SSSR count). The van der Waals surface area contributed by atoms with Crippen LogP contribution >= 0.6 is 0 Å². The van der Waals surface area contributed by atoms with Crippen molar-refractivity contribution in [2.75, 3.05) is 0 Å². The molecule has 0 spiro atoms. The molecule has 1 aliphatic rings. The number of rotatable bonds is 6. The number of benzene rings is 1. The largest absolute Gasteiger partial charge is 0.469 e. The van der Waals surface area contributed by atoms with Crippen molar-refractivity contribution < 1.29 is 13.9 Å². The molecule has 2 atom stereocenters. The summed E-state index contributed by atoms with van der Waals surface area (Å²) < 4.78 is 11.1. The van der Waals surface area contributed by atoms with E-state index < -0.39 is 0 Å². The fourth-order valence-electron chi connectivity index (χ4n) is 3.33. The molecule has 0 bridgehead atoms. The molecule has 0 amide bonds. The van der Waals surface area contributed by atoms with Crippen molar-refractivity contribution in [1.29, 1.82) is 0 Å². The predicted molar refractivity (Wildman–Crippen MR) is 93.3 cm³/mol. The number of hydrogen-bond donors (Lipinski definition) is 0. The zero-order chi connectivity index (χ0) is 17.2. The molecule has 1 aromatic carbocycles. The normalized spacial score (nSPS) is 21.8. The lowest BCUT2D eigenvalue weighted by Gasteiger charge is -2.03. The molecule has 1 aromatic heterocycles. The summed E-state index contributed by atoms with van der Waals surface area (Å²) in [6.07, 6.45) is 6.52. The molecule has 126 valence electrons. The Morgan fingerprint density at radius 1 is 1.25 bits per heavy atom. The Bertz CT molecular complexity index is 725. The third-order valence-electron chi connectivity index (χ3n) is 4.87. The van der Waals surface area contributed by atoms with Gasteiger partial charge in [0, 0.05) is 12.0 Å². The number of carbonyl (C=O) groups excluding carboxylic acids is 1. The summed E-state index contributed by atoms with van der Waals surface area (Å²) in [5.41, 5.74) is 2.10. The van der Waals surface area contributed by atoms with E-state index in [9.17, 15) is 4.79 Å². The van der Waals surface area contributed by atoms with Crippen molar-refractivity contribution in [2.45, 2.75) is 33.8 Å². The van der Waals surface area contributed by atoms with E-state index in [-0.39, 0.29) is 29.8 Å². The van der Waals surface area contributed by atoms with Crippen molar-refractivity contribution in [3.63, 3.8) is 0 Å². The van der Waals surface area contributed by atoms with Crippen LogP contribution in [0.4, 0.5) is 0 Å². The van der Waals surface area contributed by atoms with Crippen LogP contribution in [0.25, 0.3) is 0 Å². The Morgan fingerprint density at radius 2 is 2.00 bits per heavy atom. The summed E-state index contributed by atoms with van der Waals surface area (Å²) in [4.78, 5) is 12.3. The van der Waals surface area contributed by atoms with Crippen LogP contribution in [0.1, 0.15) is 37.7 Å². The van der Waals surface area contributed by atoms with E-state index in [1.54, 1.807) is 6.26 Å². The van der Waals surface area contributed by atoms with Crippen LogP contribution in [-0.2, 0) is 22.6 Å². The summed E-state index contributed by atoms with van der Waals surface area (Å²) >= 11 is 0. The monoisotopic (exact) mass is 324 g/mol. The highest BCUT2D eigenvalue weighted by atomic mass is 16.5. The van der Waals surface area contributed by atoms with Gasteiger partial charge in [-0.15, -0.1) is 0 Å². The van der Waals surface area contributed by atoms with E-state index in [2.05, 4.69) is 32.1 Å². The lowest BCUT2D eigenvalue weighted by atomic mass is 10.1. The third-order valence-corrected chi connectivity index (χ3v) is 4.87. The van der Waals surface area contributed by atoms with Gasteiger partial charge < -0.3 is 9.15 Å². The van der Waals surface area contributed by atoms with Crippen molar-refractivity contribution in [2.24, 2.45) is 17.3 Å². The fraction of sp³-hybridized carbons (Fsp3) is 0.381. The van der Waals surface area contributed by atoms with Crippen LogP contribution < -0.4 is 0 Å². The first-order valence-electron chi connectivity index (χ1n) is 8.42. The Morgan fingerprint density at radius 3 is 2.71 bits per heavy atom. The van der Waals surface area contributed by atoms with E-state index in [1.807, 2.05) is 37.3 Å². The number of allylic oxidation sites excluding steroid dienone is 2. The quantitative estimate of drug-likeness (QED) is 0.568. The predicted octanol–water partition coefficient (Wildman–Crippen LogP) is 4.76. The van der Waals surface area contributed by atoms with Crippen molar-refractivity contribution in [1.82, 2.24) is 0 Å². The average molecular weight is 324 g/mol. The highest BCUT2D eigenvalue weighted by Gasteiger charge is 2.61. The fourth-order valence-corrected chi connectivity index (χ4v) is 3.33. The standard InChI is InChI=1S/C21H24O3/c1-4-8-18-19(21(18,2)3)20(22)24-14-16-12-17(23-13-16)11-15-9-6-5-7-10-15/h4-10,12-13,18-19H,11,14H2,1-3H3/b8-4+. The van der Waals surface area contributed by atoms with Gasteiger partial charge in [0.2, 0.25) is 0 Å². The number of esters is 1. The molecule has 1 aliphatic carbocycles. The molecule has 0 saturated heterocycles. The number of hydrogen-bond acceptors (Lipinski definition) is 3. The molecule has 2 unspecified atom stereocenters. The molecule has 3 nitrogen and oxygen atoms in total. The molecular formula is C21H24O3. The first kappa shape index (κ1) is 16.6. The van der Waals surface area contributed by atoms with E-state index in [1.165, 1.54) is 5.56 Å². The Balaban J connectivity index is 1.53. The average Bonchev–Trinajstić information content (AvgIpc) is 2.90. The molecule has 0 aliphatic heterocycles. The first-order chi connectivity index (χ1) is 11.5. The highest BCUT2D eigenvalue weighted by Crippen LogP contribution is 2.59. The van der Waals surface area contributed by atoms with E-state index in [0.29, 0.717) is 0 Å². The summed E-state index contributed by atoms with van der Waals surface area (Å²) in [6, 6.07) is 12.1. The Labute approximate surface area is 143 Å². The van der Waals surface area contributed by atoms with Gasteiger partial charge in [0.15, 0.2) is 0 Å². The minimum Gasteiger partial charge on any atom is -0.469 e. The zero-order valence-corrected chi connectivity index (χ0v) is 14.5. The summed E-state index contributed by atoms with van der Waals surface area (Å²) in [6.45, 7) is 6.47. The van der Waals surface area contributed by atoms with Crippen molar-refractivity contribution in [3.05, 3.63) is 71.7 Å². The maximum atomic E-state index is 12.3. The number of furan rings is 1. The number of ether oxygens (including phenoxy) is 1. The van der Waals surface area contributed by atoms with Crippen LogP contribution in [0, 0.1) is 17.3 Å². The molecule has 24 heavy (non-hydrogen) atoms. The molecular weight excluding hydrogens is 300 g/mol. The molecule has 1 saturated carbocycles. The second-order valence-corrected chi connectivity index (χ2v) is 7.04. The van der Waals surface area contributed by atoms with Crippen LogP contribution in [0.15, 0.2) is 59.2 Å². The van der Waals surface area contributed by atoms with Gasteiger partial charge in [0.05, 0.1) is 12.2 Å². The maximum Gasteiger partial charge on any atom is 0.310 e. The maximum absolute atomic E-state index is 12.3. The van der Waals surface area contributed by atoms with Gasteiger partial charge in [0.25, 0.3) is 0 Å². The van der Waals surface area contributed by atoms with Crippen LogP contribution in [0.3, 0.4) is 0 Å². The highest BCUT2D eigenvalue weighted by molar-refractivity contribution is 5.78. The van der Waals surface area contributed by atoms with Gasteiger partial charge in [-0.25, -0.2) is 0 Å². The zero-order valence-electron chi connectivity index (χ0n) is 14.5. The topological polar surface area (TPSA) is 39.4 Å². The second-order valence-electron chi connectivity index (χ2n) is 7.04. The van der Waals surface area contributed by atoms with Crippen molar-refractivity contribution in [3.8, 4) is 0 Å². The molecule has 0 N–H and O–H groups in total. The Hall–Kier alpha value is -2.29. The molecule has 1 fully saturated rings. The lowest BCUT2D eigenvalue weighted by Crippen LogP contribution is -2.10. The van der Waals surface area contributed by atoms with Gasteiger partial charge in [-0.05, 0) is 29.9 Å². The minimum atomic E-state index is -0.117. The SMILES string of the molecule is C/C=C/C1C(C(=O)OCc2coc(Cc3ccccc3)c2)C1(C)C. The van der Waals surface area contributed by atoms with Gasteiger partial charge >= 0.3 is 5.97 Å². The van der Waals surface area contributed by atoms with Crippen LogP contribution in [0.2, 0.25) is 0 Å². The van der Waals surface area contributed by atoms with E-state index in [0.717, 1.165) is 17.7 Å². The second kappa shape index (κ2) is 6.68. The van der Waals surface area contributed by atoms with Gasteiger partial charge in [0.1, 0.15) is 12.4 Å². The minimum absolute atomic E-state index is 0.00153. The number of carbonyl (C=O) groups is 1.